The molecule has 0 fully saturated rings. The lowest BCUT2D eigenvalue weighted by Crippen LogP contribution is -2.28. The maximum atomic E-state index is 13.1. The topological polar surface area (TPSA) is 47.6 Å². The van der Waals surface area contributed by atoms with Gasteiger partial charge in [0.15, 0.2) is 0 Å². The SMILES string of the molecule is COc1ccc2c(c1)C=C(C(=O)NCc1cccc(F)c1)CO2. The van der Waals surface area contributed by atoms with Gasteiger partial charge in [-0.1, -0.05) is 12.1 Å². The summed E-state index contributed by atoms with van der Waals surface area (Å²) in [5.74, 6) is 0.859. The zero-order chi connectivity index (χ0) is 16.2. The Hall–Kier alpha value is -2.82. The second-order valence-electron chi connectivity index (χ2n) is 5.17. The Morgan fingerprint density at radius 3 is 2.96 bits per heavy atom. The van der Waals surface area contributed by atoms with Crippen molar-refractivity contribution in [1.82, 2.24) is 5.32 Å². The zero-order valence-electron chi connectivity index (χ0n) is 12.6. The molecule has 0 radical (unpaired) electrons. The van der Waals surface area contributed by atoms with Crippen LogP contribution in [0.25, 0.3) is 6.08 Å². The zero-order valence-corrected chi connectivity index (χ0v) is 12.6. The molecule has 0 bridgehead atoms. The van der Waals surface area contributed by atoms with E-state index in [2.05, 4.69) is 5.32 Å². The van der Waals surface area contributed by atoms with Gasteiger partial charge in [0.05, 0.1) is 12.7 Å². The van der Waals surface area contributed by atoms with Crippen molar-refractivity contribution in [3.05, 3.63) is 65.0 Å². The molecule has 0 aromatic heterocycles. The fraction of sp³-hybridized carbons (Fsp3) is 0.167. The molecule has 0 atom stereocenters. The number of carbonyl (C=O) groups excluding carboxylic acids is 1. The maximum absolute atomic E-state index is 13.1. The number of carbonyl (C=O) groups is 1. The Morgan fingerprint density at radius 2 is 2.17 bits per heavy atom. The molecule has 0 saturated heterocycles. The second kappa shape index (κ2) is 6.52. The number of rotatable bonds is 4. The number of nitrogens with one attached hydrogen (secondary N) is 1. The van der Waals surface area contributed by atoms with Gasteiger partial charge in [0.2, 0.25) is 0 Å². The van der Waals surface area contributed by atoms with Crippen LogP contribution < -0.4 is 14.8 Å². The van der Waals surface area contributed by atoms with Crippen molar-refractivity contribution in [2.24, 2.45) is 0 Å². The molecule has 1 aliphatic rings. The first kappa shape index (κ1) is 15.1. The van der Waals surface area contributed by atoms with E-state index in [4.69, 9.17) is 9.47 Å². The van der Waals surface area contributed by atoms with E-state index >= 15 is 0 Å². The first-order valence-electron chi connectivity index (χ1n) is 7.20. The van der Waals surface area contributed by atoms with Crippen LogP contribution in [0.15, 0.2) is 48.0 Å². The number of ether oxygens (including phenoxy) is 2. The third kappa shape index (κ3) is 3.51. The summed E-state index contributed by atoms with van der Waals surface area (Å²) in [6.45, 7) is 0.465. The van der Waals surface area contributed by atoms with Crippen molar-refractivity contribution in [2.45, 2.75) is 6.54 Å². The van der Waals surface area contributed by atoms with Gasteiger partial charge in [-0.3, -0.25) is 4.79 Å². The first-order chi connectivity index (χ1) is 11.2. The summed E-state index contributed by atoms with van der Waals surface area (Å²) in [7, 11) is 1.59. The first-order valence-corrected chi connectivity index (χ1v) is 7.20. The van der Waals surface area contributed by atoms with Gasteiger partial charge < -0.3 is 14.8 Å². The minimum Gasteiger partial charge on any atom is -0.497 e. The van der Waals surface area contributed by atoms with Crippen LogP contribution in [0.1, 0.15) is 11.1 Å². The molecule has 1 heterocycles. The van der Waals surface area contributed by atoms with Gasteiger partial charge in [0, 0.05) is 12.1 Å². The highest BCUT2D eigenvalue weighted by atomic mass is 19.1. The van der Waals surface area contributed by atoms with Crippen LogP contribution in [-0.4, -0.2) is 19.6 Å². The number of halogens is 1. The summed E-state index contributed by atoms with van der Waals surface area (Å²) in [5, 5.41) is 2.77. The molecule has 4 nitrogen and oxygen atoms in total. The molecular formula is C18H16FNO3. The molecule has 1 N–H and O–H groups in total. The van der Waals surface area contributed by atoms with Crippen LogP contribution in [0.2, 0.25) is 0 Å². The van der Waals surface area contributed by atoms with Gasteiger partial charge >= 0.3 is 0 Å². The quantitative estimate of drug-likeness (QED) is 0.944. The van der Waals surface area contributed by atoms with Gasteiger partial charge in [-0.2, -0.15) is 0 Å². The van der Waals surface area contributed by atoms with Crippen molar-refractivity contribution >= 4 is 12.0 Å². The van der Waals surface area contributed by atoms with Gasteiger partial charge in [-0.15, -0.1) is 0 Å². The van der Waals surface area contributed by atoms with Crippen LogP contribution in [0, 0.1) is 5.82 Å². The van der Waals surface area contributed by atoms with E-state index in [1.807, 2.05) is 18.2 Å². The normalized spacial score (nSPS) is 12.7. The van der Waals surface area contributed by atoms with E-state index in [0.29, 0.717) is 22.6 Å². The van der Waals surface area contributed by atoms with Crippen LogP contribution in [0.3, 0.4) is 0 Å². The van der Waals surface area contributed by atoms with Gasteiger partial charge in [-0.25, -0.2) is 4.39 Å². The standard InChI is InChI=1S/C18H16FNO3/c1-22-16-5-6-17-13(9-16)8-14(11-23-17)18(21)20-10-12-3-2-4-15(19)7-12/h2-9H,10-11H2,1H3,(H,20,21). The predicted octanol–water partition coefficient (Wildman–Crippen LogP) is 2.93. The summed E-state index contributed by atoms with van der Waals surface area (Å²) in [6, 6.07) is 11.6. The molecule has 3 rings (SSSR count). The lowest BCUT2D eigenvalue weighted by Gasteiger charge is -2.18. The molecule has 23 heavy (non-hydrogen) atoms. The maximum Gasteiger partial charge on any atom is 0.250 e. The minimum atomic E-state index is -0.321. The molecule has 0 unspecified atom stereocenters. The molecule has 2 aromatic rings. The van der Waals surface area contributed by atoms with E-state index in [0.717, 1.165) is 5.56 Å². The number of hydrogen-bond donors (Lipinski definition) is 1. The van der Waals surface area contributed by atoms with Gasteiger partial charge in [0.25, 0.3) is 5.91 Å². The van der Waals surface area contributed by atoms with Crippen molar-refractivity contribution < 1.29 is 18.7 Å². The number of benzene rings is 2. The Labute approximate surface area is 133 Å². The summed E-state index contributed by atoms with van der Waals surface area (Å²) in [4.78, 5) is 12.2. The monoisotopic (exact) mass is 313 g/mol. The van der Waals surface area contributed by atoms with E-state index < -0.39 is 0 Å². The molecule has 1 aliphatic heterocycles. The van der Waals surface area contributed by atoms with E-state index in [1.54, 1.807) is 25.3 Å². The van der Waals surface area contributed by atoms with Crippen LogP contribution in [0.4, 0.5) is 4.39 Å². The van der Waals surface area contributed by atoms with Crippen LogP contribution >= 0.6 is 0 Å². The molecule has 2 aromatic carbocycles. The largest absolute Gasteiger partial charge is 0.497 e. The highest BCUT2D eigenvalue weighted by Gasteiger charge is 2.17. The van der Waals surface area contributed by atoms with Gasteiger partial charge in [0.1, 0.15) is 23.9 Å². The number of hydrogen-bond acceptors (Lipinski definition) is 3. The van der Waals surface area contributed by atoms with Crippen molar-refractivity contribution in [3.8, 4) is 11.5 Å². The smallest absolute Gasteiger partial charge is 0.250 e. The van der Waals surface area contributed by atoms with Crippen LogP contribution in [0.5, 0.6) is 11.5 Å². The van der Waals surface area contributed by atoms with Crippen LogP contribution in [-0.2, 0) is 11.3 Å². The fourth-order valence-electron chi connectivity index (χ4n) is 2.36. The van der Waals surface area contributed by atoms with Crippen molar-refractivity contribution in [3.63, 3.8) is 0 Å². The average molecular weight is 313 g/mol. The highest BCUT2D eigenvalue weighted by molar-refractivity contribution is 5.99. The van der Waals surface area contributed by atoms with Gasteiger partial charge in [-0.05, 0) is 42.0 Å². The number of methoxy groups -OCH3 is 1. The Balaban J connectivity index is 1.71. The van der Waals surface area contributed by atoms with E-state index in [9.17, 15) is 9.18 Å². The van der Waals surface area contributed by atoms with Crippen molar-refractivity contribution in [1.29, 1.82) is 0 Å². The molecule has 1 amide bonds. The summed E-state index contributed by atoms with van der Waals surface area (Å²) >= 11 is 0. The summed E-state index contributed by atoms with van der Waals surface area (Å²) < 4.78 is 23.9. The second-order valence-corrected chi connectivity index (χ2v) is 5.17. The molecule has 0 spiro atoms. The predicted molar refractivity (Wildman–Crippen MR) is 84.7 cm³/mol. The minimum absolute atomic E-state index is 0.203. The van der Waals surface area contributed by atoms with Crippen molar-refractivity contribution in [2.75, 3.05) is 13.7 Å². The molecule has 118 valence electrons. The Kier molecular flexibility index (Phi) is 4.28. The fourth-order valence-corrected chi connectivity index (χ4v) is 2.36. The summed E-state index contributed by atoms with van der Waals surface area (Å²) in [6.07, 6.45) is 1.78. The lowest BCUT2D eigenvalue weighted by molar-refractivity contribution is -0.117. The summed E-state index contributed by atoms with van der Waals surface area (Å²) in [5.41, 5.74) is 2.02. The third-order valence-corrected chi connectivity index (χ3v) is 3.56. The molecule has 5 heteroatoms. The molecular weight excluding hydrogens is 297 g/mol. The number of fused-ring (bicyclic) bond motifs is 1. The Bertz CT molecular complexity index is 771. The number of amides is 1. The van der Waals surface area contributed by atoms with E-state index in [-0.39, 0.29) is 24.9 Å². The third-order valence-electron chi connectivity index (χ3n) is 3.56. The highest BCUT2D eigenvalue weighted by Crippen LogP contribution is 2.29. The van der Waals surface area contributed by atoms with E-state index in [1.165, 1.54) is 12.1 Å². The lowest BCUT2D eigenvalue weighted by atomic mass is 10.1. The average Bonchev–Trinajstić information content (AvgIpc) is 2.58. The Morgan fingerprint density at radius 1 is 1.30 bits per heavy atom. The molecule has 0 saturated carbocycles. The molecule has 0 aliphatic carbocycles.